The van der Waals surface area contributed by atoms with Crippen molar-refractivity contribution in [1.29, 1.82) is 0 Å². The van der Waals surface area contributed by atoms with Crippen molar-refractivity contribution in [3.05, 3.63) is 140 Å². The molecule has 0 saturated heterocycles. The third-order valence-electron chi connectivity index (χ3n) is 8.23. The lowest BCUT2D eigenvalue weighted by Gasteiger charge is -2.08. The van der Waals surface area contributed by atoms with Crippen LogP contribution >= 0.6 is 11.3 Å². The standard InChI is InChI=1S/C38H23NOS/c1-2-10-26(11-3-1)39-33-18-6-4-13-31(33)37-35(39)32-17-8-14-27(36(32)40-37)24-20-22-25(23-21-24)28-15-9-16-30-29-12-5-7-19-34(29)41-38(28)30/h1-23H. The van der Waals surface area contributed by atoms with Gasteiger partial charge in [-0.3, -0.25) is 0 Å². The summed E-state index contributed by atoms with van der Waals surface area (Å²) in [6, 6.07) is 49.8. The zero-order valence-electron chi connectivity index (χ0n) is 22.0. The van der Waals surface area contributed by atoms with Gasteiger partial charge in [0.05, 0.1) is 5.52 Å². The number of fused-ring (bicyclic) bond motifs is 8. The topological polar surface area (TPSA) is 18.1 Å². The molecular formula is C38H23NOS. The van der Waals surface area contributed by atoms with Gasteiger partial charge in [-0.25, -0.2) is 0 Å². The number of para-hydroxylation sites is 3. The average molecular weight is 542 g/mol. The Kier molecular flexibility index (Phi) is 4.80. The van der Waals surface area contributed by atoms with E-state index in [-0.39, 0.29) is 0 Å². The van der Waals surface area contributed by atoms with Gasteiger partial charge in [0, 0.05) is 42.2 Å². The summed E-state index contributed by atoms with van der Waals surface area (Å²) in [6.07, 6.45) is 0. The molecule has 0 amide bonds. The largest absolute Gasteiger partial charge is 0.453 e. The zero-order valence-corrected chi connectivity index (χ0v) is 22.9. The lowest BCUT2D eigenvalue weighted by molar-refractivity contribution is 0.674. The van der Waals surface area contributed by atoms with E-state index in [1.807, 2.05) is 11.3 Å². The normalized spacial score (nSPS) is 11.9. The molecule has 6 aromatic carbocycles. The molecule has 41 heavy (non-hydrogen) atoms. The fourth-order valence-corrected chi connectivity index (χ4v) is 7.61. The van der Waals surface area contributed by atoms with Crippen molar-refractivity contribution in [2.24, 2.45) is 0 Å². The maximum atomic E-state index is 6.74. The second-order valence-electron chi connectivity index (χ2n) is 10.5. The molecule has 0 aliphatic carbocycles. The summed E-state index contributed by atoms with van der Waals surface area (Å²) in [4.78, 5) is 0. The molecule has 3 aromatic heterocycles. The summed E-state index contributed by atoms with van der Waals surface area (Å²) >= 11 is 1.87. The first-order valence-corrected chi connectivity index (χ1v) is 14.7. The third kappa shape index (κ3) is 3.30. The van der Waals surface area contributed by atoms with E-state index in [9.17, 15) is 0 Å². The van der Waals surface area contributed by atoms with Crippen LogP contribution in [0.15, 0.2) is 144 Å². The van der Waals surface area contributed by atoms with Crippen molar-refractivity contribution in [3.8, 4) is 27.9 Å². The summed E-state index contributed by atoms with van der Waals surface area (Å²) in [6.45, 7) is 0. The molecule has 0 saturated carbocycles. The first-order chi connectivity index (χ1) is 20.3. The summed E-state index contributed by atoms with van der Waals surface area (Å²) in [5, 5.41) is 4.90. The maximum absolute atomic E-state index is 6.74. The van der Waals surface area contributed by atoms with Gasteiger partial charge in [0.2, 0.25) is 0 Å². The van der Waals surface area contributed by atoms with E-state index in [1.165, 1.54) is 31.3 Å². The van der Waals surface area contributed by atoms with Crippen LogP contribution in [0, 0.1) is 0 Å². The van der Waals surface area contributed by atoms with Crippen molar-refractivity contribution >= 4 is 64.5 Å². The van der Waals surface area contributed by atoms with Crippen molar-refractivity contribution in [2.45, 2.75) is 0 Å². The summed E-state index contributed by atoms with van der Waals surface area (Å²) < 4.78 is 11.7. The van der Waals surface area contributed by atoms with E-state index in [1.54, 1.807) is 0 Å². The fraction of sp³-hybridized carbons (Fsp3) is 0. The summed E-state index contributed by atoms with van der Waals surface area (Å²) in [5.41, 5.74) is 10.0. The van der Waals surface area contributed by atoms with E-state index in [4.69, 9.17) is 4.42 Å². The number of nitrogens with zero attached hydrogens (tertiary/aromatic N) is 1. The van der Waals surface area contributed by atoms with Crippen LogP contribution in [0.5, 0.6) is 0 Å². The van der Waals surface area contributed by atoms with Gasteiger partial charge in [-0.2, -0.15) is 0 Å². The van der Waals surface area contributed by atoms with E-state index in [0.29, 0.717) is 0 Å². The zero-order chi connectivity index (χ0) is 26.9. The Morgan fingerprint density at radius 3 is 1.93 bits per heavy atom. The van der Waals surface area contributed by atoms with Crippen LogP contribution in [-0.2, 0) is 0 Å². The molecule has 9 aromatic rings. The van der Waals surface area contributed by atoms with Gasteiger partial charge in [-0.1, -0.05) is 103 Å². The van der Waals surface area contributed by atoms with Crippen LogP contribution in [0.2, 0.25) is 0 Å². The van der Waals surface area contributed by atoms with Crippen molar-refractivity contribution in [1.82, 2.24) is 4.57 Å². The number of benzene rings is 6. The molecule has 0 bridgehead atoms. The molecule has 0 N–H and O–H groups in total. The summed E-state index contributed by atoms with van der Waals surface area (Å²) in [7, 11) is 0. The van der Waals surface area contributed by atoms with E-state index < -0.39 is 0 Å². The Morgan fingerprint density at radius 2 is 1.10 bits per heavy atom. The molecule has 0 unspecified atom stereocenters. The molecule has 0 fully saturated rings. The first-order valence-electron chi connectivity index (χ1n) is 13.9. The van der Waals surface area contributed by atoms with Crippen molar-refractivity contribution < 1.29 is 4.42 Å². The monoisotopic (exact) mass is 541 g/mol. The highest BCUT2D eigenvalue weighted by atomic mass is 32.1. The van der Waals surface area contributed by atoms with Crippen LogP contribution in [0.3, 0.4) is 0 Å². The van der Waals surface area contributed by atoms with Crippen molar-refractivity contribution in [3.63, 3.8) is 0 Å². The lowest BCUT2D eigenvalue weighted by Crippen LogP contribution is -1.92. The minimum Gasteiger partial charge on any atom is -0.453 e. The second-order valence-corrected chi connectivity index (χ2v) is 11.6. The Balaban J connectivity index is 1.22. The molecule has 2 nitrogen and oxygen atoms in total. The number of rotatable bonds is 3. The van der Waals surface area contributed by atoms with Gasteiger partial charge in [-0.05, 0) is 53.1 Å². The van der Waals surface area contributed by atoms with E-state index >= 15 is 0 Å². The van der Waals surface area contributed by atoms with Crippen LogP contribution in [0.25, 0.3) is 81.1 Å². The number of hydrogen-bond donors (Lipinski definition) is 0. The molecule has 0 radical (unpaired) electrons. The van der Waals surface area contributed by atoms with Gasteiger partial charge in [0.25, 0.3) is 0 Å². The quantitative estimate of drug-likeness (QED) is 0.217. The third-order valence-corrected chi connectivity index (χ3v) is 9.45. The number of hydrogen-bond acceptors (Lipinski definition) is 2. The number of furan rings is 1. The Bertz CT molecular complexity index is 2410. The minimum absolute atomic E-state index is 0.923. The molecule has 0 atom stereocenters. The smallest absolute Gasteiger partial charge is 0.161 e. The van der Waals surface area contributed by atoms with Gasteiger partial charge in [-0.15, -0.1) is 11.3 Å². The highest BCUT2D eigenvalue weighted by molar-refractivity contribution is 7.26. The summed E-state index contributed by atoms with van der Waals surface area (Å²) in [5.74, 6) is 0. The fourth-order valence-electron chi connectivity index (χ4n) is 6.37. The maximum Gasteiger partial charge on any atom is 0.161 e. The molecule has 9 rings (SSSR count). The van der Waals surface area contributed by atoms with Crippen LogP contribution in [0.4, 0.5) is 0 Å². The first kappa shape index (κ1) is 22.7. The highest BCUT2D eigenvalue weighted by Crippen LogP contribution is 2.43. The predicted octanol–water partition coefficient (Wildman–Crippen LogP) is 11.2. The molecule has 0 aliphatic rings. The highest BCUT2D eigenvalue weighted by Gasteiger charge is 2.21. The number of thiophene rings is 1. The molecule has 0 spiro atoms. The van der Waals surface area contributed by atoms with Gasteiger partial charge in [0.1, 0.15) is 11.1 Å². The van der Waals surface area contributed by atoms with Crippen LogP contribution in [-0.4, -0.2) is 4.57 Å². The Hall–Kier alpha value is -5.12. The predicted molar refractivity (Wildman–Crippen MR) is 174 cm³/mol. The molecule has 3 heterocycles. The molecule has 3 heteroatoms. The minimum atomic E-state index is 0.923. The number of aromatic nitrogens is 1. The van der Waals surface area contributed by atoms with Gasteiger partial charge < -0.3 is 8.98 Å². The SMILES string of the molecule is c1ccc(-n2c3ccccc3c3oc4c(-c5ccc(-c6cccc7c6sc6ccccc67)cc5)cccc4c32)cc1. The van der Waals surface area contributed by atoms with Gasteiger partial charge >= 0.3 is 0 Å². The average Bonchev–Trinajstić information content (AvgIpc) is 3.70. The molecular weight excluding hydrogens is 518 g/mol. The van der Waals surface area contributed by atoms with Crippen LogP contribution < -0.4 is 0 Å². The second kappa shape index (κ2) is 8.69. The van der Waals surface area contributed by atoms with E-state index in [0.717, 1.165) is 49.8 Å². The van der Waals surface area contributed by atoms with Crippen LogP contribution in [0.1, 0.15) is 0 Å². The van der Waals surface area contributed by atoms with E-state index in [2.05, 4.69) is 144 Å². The lowest BCUT2D eigenvalue weighted by atomic mass is 9.98. The Labute approximate surface area is 240 Å². The molecule has 192 valence electrons. The molecule has 0 aliphatic heterocycles. The van der Waals surface area contributed by atoms with Gasteiger partial charge in [0.15, 0.2) is 5.58 Å². The van der Waals surface area contributed by atoms with Crippen molar-refractivity contribution in [2.75, 3.05) is 0 Å². The Morgan fingerprint density at radius 1 is 0.463 bits per heavy atom.